The second-order valence-electron chi connectivity index (χ2n) is 4.23. The van der Waals surface area contributed by atoms with Crippen molar-refractivity contribution >= 4 is 0 Å². The molecule has 1 atom stereocenters. The Morgan fingerprint density at radius 1 is 1.29 bits per heavy atom. The van der Waals surface area contributed by atoms with Crippen LogP contribution >= 0.6 is 0 Å². The number of aromatic nitrogens is 2. The summed E-state index contributed by atoms with van der Waals surface area (Å²) in [5, 5.41) is 18.7. The van der Waals surface area contributed by atoms with Gasteiger partial charge in [-0.3, -0.25) is 0 Å². The first kappa shape index (κ1) is 13.9. The molecule has 0 aliphatic rings. The van der Waals surface area contributed by atoms with Gasteiger partial charge in [0.25, 0.3) is 0 Å². The zero-order chi connectivity index (χ0) is 12.7. The molecule has 0 bridgehead atoms. The summed E-state index contributed by atoms with van der Waals surface area (Å²) in [7, 11) is 0. The van der Waals surface area contributed by atoms with E-state index in [2.05, 4.69) is 16.9 Å². The normalized spacial score (nSPS) is 14.4. The molecule has 0 amide bonds. The van der Waals surface area contributed by atoms with Gasteiger partial charge in [0.05, 0.1) is 25.6 Å². The zero-order valence-corrected chi connectivity index (χ0v) is 10.4. The van der Waals surface area contributed by atoms with Gasteiger partial charge in [0, 0.05) is 0 Å². The fourth-order valence-corrected chi connectivity index (χ4v) is 1.28. The predicted molar refractivity (Wildman–Crippen MR) is 63.7 cm³/mol. The summed E-state index contributed by atoms with van der Waals surface area (Å²) in [6.45, 7) is 3.83. The van der Waals surface area contributed by atoms with Gasteiger partial charge in [-0.2, -0.15) is 0 Å². The third kappa shape index (κ3) is 4.28. The lowest BCUT2D eigenvalue weighted by molar-refractivity contribution is -0.00982. The summed E-state index contributed by atoms with van der Waals surface area (Å²) in [4.78, 5) is 7.95. The van der Waals surface area contributed by atoms with E-state index in [4.69, 9.17) is 9.84 Å². The van der Waals surface area contributed by atoms with Crippen molar-refractivity contribution in [3.63, 3.8) is 0 Å². The molecule has 1 aromatic heterocycles. The predicted octanol–water partition coefficient (Wildman–Crippen LogP) is 1.25. The summed E-state index contributed by atoms with van der Waals surface area (Å²) in [6, 6.07) is 0. The molecular weight excluding hydrogens is 220 g/mol. The molecule has 0 saturated carbocycles. The van der Waals surface area contributed by atoms with Crippen LogP contribution in [0.25, 0.3) is 0 Å². The van der Waals surface area contributed by atoms with Gasteiger partial charge in [-0.05, 0) is 13.3 Å². The van der Waals surface area contributed by atoms with E-state index in [1.807, 2.05) is 0 Å². The minimum atomic E-state index is -1.40. The Hall–Kier alpha value is -1.20. The second-order valence-corrected chi connectivity index (χ2v) is 4.23. The maximum absolute atomic E-state index is 9.72. The van der Waals surface area contributed by atoms with Crippen LogP contribution in [0.3, 0.4) is 0 Å². The fourth-order valence-electron chi connectivity index (χ4n) is 1.28. The van der Waals surface area contributed by atoms with Gasteiger partial charge < -0.3 is 14.9 Å². The average molecular weight is 240 g/mol. The fraction of sp³-hybridized carbons (Fsp3) is 0.667. The van der Waals surface area contributed by atoms with E-state index in [1.165, 1.54) is 19.3 Å². The molecule has 0 aliphatic carbocycles. The number of rotatable bonds is 7. The van der Waals surface area contributed by atoms with Crippen LogP contribution < -0.4 is 4.74 Å². The summed E-state index contributed by atoms with van der Waals surface area (Å²) in [5.41, 5.74) is -1.40. The molecule has 5 heteroatoms. The number of unbranched alkanes of at least 4 members (excludes halogenated alkanes) is 2. The molecule has 0 spiro atoms. The van der Waals surface area contributed by atoms with Crippen molar-refractivity contribution < 1.29 is 14.9 Å². The van der Waals surface area contributed by atoms with Crippen LogP contribution in [0.1, 0.15) is 38.9 Å². The van der Waals surface area contributed by atoms with Crippen molar-refractivity contribution in [2.75, 3.05) is 13.2 Å². The van der Waals surface area contributed by atoms with Crippen molar-refractivity contribution in [1.29, 1.82) is 0 Å². The smallest absolute Gasteiger partial charge is 0.162 e. The molecule has 1 heterocycles. The largest absolute Gasteiger partial charge is 0.490 e. The Morgan fingerprint density at radius 2 is 1.94 bits per heavy atom. The summed E-state index contributed by atoms with van der Waals surface area (Å²) < 4.78 is 5.44. The molecule has 5 nitrogen and oxygen atoms in total. The van der Waals surface area contributed by atoms with E-state index in [1.54, 1.807) is 0 Å². The lowest BCUT2D eigenvalue weighted by Gasteiger charge is -2.18. The van der Waals surface area contributed by atoms with Crippen LogP contribution in [-0.4, -0.2) is 33.4 Å². The van der Waals surface area contributed by atoms with E-state index in [0.717, 1.165) is 19.3 Å². The van der Waals surface area contributed by atoms with Gasteiger partial charge >= 0.3 is 0 Å². The van der Waals surface area contributed by atoms with Crippen molar-refractivity contribution in [3.8, 4) is 5.75 Å². The second kappa shape index (κ2) is 6.51. The highest BCUT2D eigenvalue weighted by molar-refractivity contribution is 5.14. The highest BCUT2D eigenvalue weighted by Crippen LogP contribution is 2.16. The monoisotopic (exact) mass is 240 g/mol. The van der Waals surface area contributed by atoms with E-state index >= 15 is 0 Å². The first-order chi connectivity index (χ1) is 8.10. The molecule has 0 saturated heterocycles. The lowest BCUT2D eigenvalue weighted by atomic mass is 10.1. The molecule has 17 heavy (non-hydrogen) atoms. The minimum absolute atomic E-state index is 0.195. The van der Waals surface area contributed by atoms with Crippen molar-refractivity contribution in [1.82, 2.24) is 9.97 Å². The Bertz CT molecular complexity index is 325. The van der Waals surface area contributed by atoms with Gasteiger partial charge in [0.2, 0.25) is 0 Å². The summed E-state index contributed by atoms with van der Waals surface area (Å²) in [6.07, 6.45) is 6.32. The number of ether oxygens (including phenoxy) is 1. The SMILES string of the molecule is CCCCCOc1cnc(C(C)(O)CO)nc1. The van der Waals surface area contributed by atoms with Crippen LogP contribution in [0.4, 0.5) is 0 Å². The summed E-state index contributed by atoms with van der Waals surface area (Å²) in [5.74, 6) is 0.777. The van der Waals surface area contributed by atoms with Gasteiger partial charge in [0.15, 0.2) is 11.6 Å². The number of hydrogen-bond acceptors (Lipinski definition) is 5. The number of aliphatic hydroxyl groups is 2. The minimum Gasteiger partial charge on any atom is -0.490 e. The molecule has 0 aromatic carbocycles. The third-order valence-corrected chi connectivity index (χ3v) is 2.43. The third-order valence-electron chi connectivity index (χ3n) is 2.43. The maximum Gasteiger partial charge on any atom is 0.162 e. The molecule has 0 aliphatic heterocycles. The van der Waals surface area contributed by atoms with Crippen LogP contribution in [0.2, 0.25) is 0 Å². The first-order valence-electron chi connectivity index (χ1n) is 5.88. The van der Waals surface area contributed by atoms with Crippen molar-refractivity contribution in [2.45, 2.75) is 38.7 Å². The maximum atomic E-state index is 9.72. The highest BCUT2D eigenvalue weighted by Gasteiger charge is 2.25. The van der Waals surface area contributed by atoms with E-state index in [0.29, 0.717) is 12.4 Å². The van der Waals surface area contributed by atoms with Crippen LogP contribution in [0.5, 0.6) is 5.75 Å². The Kier molecular flexibility index (Phi) is 5.31. The van der Waals surface area contributed by atoms with E-state index in [9.17, 15) is 5.11 Å². The molecule has 96 valence electrons. The molecule has 2 N–H and O–H groups in total. The van der Waals surface area contributed by atoms with Crippen molar-refractivity contribution in [3.05, 3.63) is 18.2 Å². The van der Waals surface area contributed by atoms with Gasteiger partial charge in [0.1, 0.15) is 5.60 Å². The van der Waals surface area contributed by atoms with Crippen molar-refractivity contribution in [2.24, 2.45) is 0 Å². The molecule has 1 rings (SSSR count). The topological polar surface area (TPSA) is 75.5 Å². The van der Waals surface area contributed by atoms with Gasteiger partial charge in [-0.15, -0.1) is 0 Å². The number of hydrogen-bond donors (Lipinski definition) is 2. The molecule has 0 radical (unpaired) electrons. The number of nitrogens with zero attached hydrogens (tertiary/aromatic N) is 2. The zero-order valence-electron chi connectivity index (χ0n) is 10.4. The van der Waals surface area contributed by atoms with E-state index < -0.39 is 12.2 Å². The van der Waals surface area contributed by atoms with E-state index in [-0.39, 0.29) is 5.82 Å². The first-order valence-corrected chi connectivity index (χ1v) is 5.88. The quantitative estimate of drug-likeness (QED) is 0.701. The molecular formula is C12H20N2O3. The van der Waals surface area contributed by atoms with Crippen LogP contribution in [0, 0.1) is 0 Å². The number of aliphatic hydroxyl groups excluding tert-OH is 1. The molecule has 0 fully saturated rings. The highest BCUT2D eigenvalue weighted by atomic mass is 16.5. The van der Waals surface area contributed by atoms with Crippen LogP contribution in [0.15, 0.2) is 12.4 Å². The molecule has 1 aromatic rings. The van der Waals surface area contributed by atoms with Gasteiger partial charge in [-0.25, -0.2) is 9.97 Å². The van der Waals surface area contributed by atoms with Crippen LogP contribution in [-0.2, 0) is 5.60 Å². The Balaban J connectivity index is 2.50. The lowest BCUT2D eigenvalue weighted by Crippen LogP contribution is -2.28. The Morgan fingerprint density at radius 3 is 2.47 bits per heavy atom. The average Bonchev–Trinajstić information content (AvgIpc) is 2.35. The summed E-state index contributed by atoms with van der Waals surface area (Å²) >= 11 is 0. The standard InChI is InChI=1S/C12H20N2O3/c1-3-4-5-6-17-10-7-13-11(14-8-10)12(2,16)9-15/h7-8,15-16H,3-6,9H2,1-2H3. The van der Waals surface area contributed by atoms with Gasteiger partial charge in [-0.1, -0.05) is 19.8 Å². The Labute approximate surface area is 101 Å². The molecule has 1 unspecified atom stereocenters.